The lowest BCUT2D eigenvalue weighted by Gasteiger charge is -2.30. The van der Waals surface area contributed by atoms with Gasteiger partial charge in [0.15, 0.2) is 0 Å². The zero-order chi connectivity index (χ0) is 12.3. The van der Waals surface area contributed by atoms with Gasteiger partial charge in [-0.05, 0) is 25.7 Å². The third kappa shape index (κ3) is 3.19. The van der Waals surface area contributed by atoms with Gasteiger partial charge in [-0.15, -0.1) is 22.9 Å². The molecule has 1 fully saturated rings. The van der Waals surface area contributed by atoms with Crippen LogP contribution in [0.4, 0.5) is 0 Å². The summed E-state index contributed by atoms with van der Waals surface area (Å²) in [5.74, 6) is 1.05. The molecule has 0 saturated heterocycles. The highest BCUT2D eigenvalue weighted by atomic mass is 35.5. The summed E-state index contributed by atoms with van der Waals surface area (Å²) in [6.45, 7) is 1.91. The molecule has 2 atom stereocenters. The highest BCUT2D eigenvalue weighted by Gasteiger charge is 2.26. The van der Waals surface area contributed by atoms with Gasteiger partial charge in [0, 0.05) is 11.9 Å². The number of nitrogens with zero attached hydrogens (tertiary/aromatic N) is 1. The molecule has 5 heteroatoms. The van der Waals surface area contributed by atoms with Crippen LogP contribution < -0.4 is 5.32 Å². The molecule has 0 spiro atoms. The summed E-state index contributed by atoms with van der Waals surface area (Å²) in [5.41, 5.74) is 0. The Morgan fingerprint density at radius 2 is 2.35 bits per heavy atom. The van der Waals surface area contributed by atoms with Crippen LogP contribution in [0.3, 0.4) is 0 Å². The quantitative estimate of drug-likeness (QED) is 0.860. The van der Waals surface area contributed by atoms with Gasteiger partial charge in [-0.1, -0.05) is 12.8 Å². The van der Waals surface area contributed by atoms with E-state index in [9.17, 15) is 4.79 Å². The molecule has 1 saturated carbocycles. The predicted octanol–water partition coefficient (Wildman–Crippen LogP) is 2.98. The summed E-state index contributed by atoms with van der Waals surface area (Å²) in [4.78, 5) is 16.8. The number of amides is 1. The van der Waals surface area contributed by atoms with Crippen molar-refractivity contribution in [2.75, 3.05) is 5.88 Å². The van der Waals surface area contributed by atoms with E-state index >= 15 is 0 Å². The average Bonchev–Trinajstić information content (AvgIpc) is 2.77. The number of alkyl halides is 1. The molecule has 0 radical (unpaired) electrons. The van der Waals surface area contributed by atoms with Crippen LogP contribution >= 0.6 is 22.9 Å². The maximum atomic E-state index is 12.0. The van der Waals surface area contributed by atoms with E-state index < -0.39 is 0 Å². The Morgan fingerprint density at radius 1 is 1.59 bits per heavy atom. The number of nitrogens with one attached hydrogen (secondary N) is 1. The van der Waals surface area contributed by atoms with Crippen molar-refractivity contribution in [3.05, 3.63) is 16.1 Å². The van der Waals surface area contributed by atoms with Gasteiger partial charge in [-0.25, -0.2) is 4.98 Å². The molecular formula is C12H17ClN2OS. The zero-order valence-electron chi connectivity index (χ0n) is 9.91. The molecule has 1 aliphatic rings. The van der Waals surface area contributed by atoms with Gasteiger partial charge in [0.1, 0.15) is 4.88 Å². The Kier molecular flexibility index (Phi) is 4.40. The van der Waals surface area contributed by atoms with E-state index in [1.54, 1.807) is 6.20 Å². The van der Waals surface area contributed by atoms with Crippen LogP contribution in [0.25, 0.3) is 0 Å². The fourth-order valence-electron chi connectivity index (χ4n) is 2.29. The third-order valence-electron chi connectivity index (χ3n) is 3.27. The molecule has 94 valence electrons. The lowest BCUT2D eigenvalue weighted by atomic mass is 9.86. The number of hydrogen-bond donors (Lipinski definition) is 1. The summed E-state index contributed by atoms with van der Waals surface area (Å²) in [6, 6.07) is 0.233. The van der Waals surface area contributed by atoms with Crippen LogP contribution in [0, 0.1) is 12.8 Å². The lowest BCUT2D eigenvalue weighted by Crippen LogP contribution is -2.42. The number of carbonyl (C=O) groups is 1. The number of rotatable bonds is 3. The van der Waals surface area contributed by atoms with Crippen molar-refractivity contribution in [2.45, 2.75) is 38.6 Å². The maximum absolute atomic E-state index is 12.0. The molecule has 1 N–H and O–H groups in total. The summed E-state index contributed by atoms with van der Waals surface area (Å²) < 4.78 is 0. The summed E-state index contributed by atoms with van der Waals surface area (Å²) in [6.07, 6.45) is 6.22. The molecule has 0 bridgehead atoms. The van der Waals surface area contributed by atoms with Crippen LogP contribution in [-0.2, 0) is 0 Å². The second kappa shape index (κ2) is 5.83. The Morgan fingerprint density at radius 3 is 3.00 bits per heavy atom. The number of aromatic nitrogens is 1. The van der Waals surface area contributed by atoms with Gasteiger partial charge in [0.2, 0.25) is 0 Å². The average molecular weight is 273 g/mol. The minimum absolute atomic E-state index is 0.00221. The molecule has 1 amide bonds. The highest BCUT2D eigenvalue weighted by molar-refractivity contribution is 7.13. The monoisotopic (exact) mass is 272 g/mol. The SMILES string of the molecule is Cc1ncc(C(=O)NC2CCCCC2CCl)s1. The Hall–Kier alpha value is -0.610. The molecule has 3 nitrogen and oxygen atoms in total. The van der Waals surface area contributed by atoms with Crippen LogP contribution in [-0.4, -0.2) is 22.8 Å². The second-order valence-corrected chi connectivity index (χ2v) is 6.07. The maximum Gasteiger partial charge on any atom is 0.263 e. The Bertz CT molecular complexity index is 394. The van der Waals surface area contributed by atoms with E-state index in [1.165, 1.54) is 24.2 Å². The second-order valence-electron chi connectivity index (χ2n) is 4.52. The van der Waals surface area contributed by atoms with E-state index in [-0.39, 0.29) is 11.9 Å². The first kappa shape index (κ1) is 12.8. The fourth-order valence-corrected chi connectivity index (χ4v) is 3.34. The van der Waals surface area contributed by atoms with E-state index in [4.69, 9.17) is 11.6 Å². The van der Waals surface area contributed by atoms with Gasteiger partial charge in [-0.3, -0.25) is 4.79 Å². The van der Waals surface area contributed by atoms with E-state index in [2.05, 4.69) is 10.3 Å². The normalized spacial score (nSPS) is 24.6. The van der Waals surface area contributed by atoms with Crippen molar-refractivity contribution in [1.82, 2.24) is 10.3 Å². The van der Waals surface area contributed by atoms with Crippen molar-refractivity contribution in [1.29, 1.82) is 0 Å². The smallest absolute Gasteiger partial charge is 0.263 e. The van der Waals surface area contributed by atoms with E-state index in [0.717, 1.165) is 17.8 Å². The minimum atomic E-state index is -0.00221. The van der Waals surface area contributed by atoms with Crippen LogP contribution in [0.15, 0.2) is 6.20 Å². The molecule has 1 heterocycles. The van der Waals surface area contributed by atoms with Gasteiger partial charge in [0.25, 0.3) is 5.91 Å². The van der Waals surface area contributed by atoms with Crippen LogP contribution in [0.2, 0.25) is 0 Å². The molecule has 1 aromatic heterocycles. The number of halogens is 1. The van der Waals surface area contributed by atoms with Crippen molar-refractivity contribution in [3.8, 4) is 0 Å². The molecule has 1 aromatic rings. The van der Waals surface area contributed by atoms with Crippen LogP contribution in [0.1, 0.15) is 40.4 Å². The van der Waals surface area contributed by atoms with Crippen LogP contribution in [0.5, 0.6) is 0 Å². The lowest BCUT2D eigenvalue weighted by molar-refractivity contribution is 0.0915. The topological polar surface area (TPSA) is 42.0 Å². The fraction of sp³-hybridized carbons (Fsp3) is 0.667. The largest absolute Gasteiger partial charge is 0.348 e. The van der Waals surface area contributed by atoms with Crippen molar-refractivity contribution < 1.29 is 4.79 Å². The minimum Gasteiger partial charge on any atom is -0.348 e. The van der Waals surface area contributed by atoms with Gasteiger partial charge >= 0.3 is 0 Å². The molecule has 0 aromatic carbocycles. The first-order valence-corrected chi connectivity index (χ1v) is 7.35. The highest BCUT2D eigenvalue weighted by Crippen LogP contribution is 2.26. The number of carbonyl (C=O) groups excluding carboxylic acids is 1. The molecule has 0 aliphatic heterocycles. The number of hydrogen-bond acceptors (Lipinski definition) is 3. The summed E-state index contributed by atoms with van der Waals surface area (Å²) >= 11 is 7.38. The first-order valence-electron chi connectivity index (χ1n) is 6.00. The Balaban J connectivity index is 1.97. The van der Waals surface area contributed by atoms with Crippen molar-refractivity contribution in [2.24, 2.45) is 5.92 Å². The summed E-state index contributed by atoms with van der Waals surface area (Å²) in [5, 5.41) is 4.02. The predicted molar refractivity (Wildman–Crippen MR) is 70.8 cm³/mol. The van der Waals surface area contributed by atoms with E-state index in [1.807, 2.05) is 6.92 Å². The van der Waals surface area contributed by atoms with E-state index in [0.29, 0.717) is 16.7 Å². The first-order chi connectivity index (χ1) is 8.20. The number of thiazole rings is 1. The zero-order valence-corrected chi connectivity index (χ0v) is 11.5. The standard InChI is InChI=1S/C12H17ClN2OS/c1-8-14-7-11(17-8)12(16)15-10-5-3-2-4-9(10)6-13/h7,9-10H,2-6H2,1H3,(H,15,16). The number of aryl methyl sites for hydroxylation is 1. The van der Waals surface area contributed by atoms with Gasteiger partial charge in [0.05, 0.1) is 11.2 Å². The Labute approximate surface area is 111 Å². The van der Waals surface area contributed by atoms with Crippen molar-refractivity contribution >= 4 is 28.8 Å². The summed E-state index contributed by atoms with van der Waals surface area (Å²) in [7, 11) is 0. The van der Waals surface area contributed by atoms with Gasteiger partial charge in [-0.2, -0.15) is 0 Å². The molecule has 2 rings (SSSR count). The van der Waals surface area contributed by atoms with Gasteiger partial charge < -0.3 is 5.32 Å². The molecular weight excluding hydrogens is 256 g/mol. The molecule has 17 heavy (non-hydrogen) atoms. The molecule has 2 unspecified atom stereocenters. The third-order valence-corrected chi connectivity index (χ3v) is 4.58. The molecule has 1 aliphatic carbocycles. The van der Waals surface area contributed by atoms with Crippen molar-refractivity contribution in [3.63, 3.8) is 0 Å².